The lowest BCUT2D eigenvalue weighted by molar-refractivity contribution is 0.0288. The zero-order valence-electron chi connectivity index (χ0n) is 14.9. The van der Waals surface area contributed by atoms with Gasteiger partial charge in [0.2, 0.25) is 0 Å². The molecule has 3 rings (SSSR count). The van der Waals surface area contributed by atoms with Crippen LogP contribution in [-0.4, -0.2) is 61.0 Å². The summed E-state index contributed by atoms with van der Waals surface area (Å²) < 4.78 is 5.57. The Morgan fingerprint density at radius 2 is 1.91 bits per heavy atom. The third kappa shape index (κ3) is 6.00. The molecule has 3 unspecified atom stereocenters. The van der Waals surface area contributed by atoms with Gasteiger partial charge in [0.1, 0.15) is 0 Å². The first kappa shape index (κ1) is 17.7. The van der Waals surface area contributed by atoms with Gasteiger partial charge in [-0.1, -0.05) is 19.8 Å². The maximum atomic E-state index is 10.0. The molecule has 1 heterocycles. The molecule has 0 bridgehead atoms. The van der Waals surface area contributed by atoms with E-state index in [9.17, 15) is 5.11 Å². The van der Waals surface area contributed by atoms with E-state index in [1.54, 1.807) is 0 Å². The summed E-state index contributed by atoms with van der Waals surface area (Å²) in [5, 5.41) is 13.6. The average molecular weight is 325 g/mol. The van der Waals surface area contributed by atoms with E-state index < -0.39 is 0 Å². The molecule has 1 aliphatic heterocycles. The Labute approximate surface area is 142 Å². The minimum absolute atomic E-state index is 0.356. The summed E-state index contributed by atoms with van der Waals surface area (Å²) in [5.74, 6) is 1.69. The molecule has 1 saturated heterocycles. The number of likely N-dealkylation sites (tertiary alicyclic amines) is 1. The lowest BCUT2D eigenvalue weighted by atomic mass is 9.85. The first-order valence-electron chi connectivity index (χ1n) is 9.94. The Bertz CT molecular complexity index is 340. The van der Waals surface area contributed by atoms with E-state index >= 15 is 0 Å². The van der Waals surface area contributed by atoms with Gasteiger partial charge in [0.05, 0.1) is 12.7 Å². The van der Waals surface area contributed by atoms with Crippen molar-refractivity contribution in [2.45, 2.75) is 76.5 Å². The van der Waals surface area contributed by atoms with Crippen LogP contribution >= 0.6 is 0 Å². The van der Waals surface area contributed by atoms with Crippen LogP contribution in [0.1, 0.15) is 58.3 Å². The van der Waals surface area contributed by atoms with Crippen molar-refractivity contribution in [1.29, 1.82) is 0 Å². The van der Waals surface area contributed by atoms with Crippen molar-refractivity contribution in [1.82, 2.24) is 10.2 Å². The van der Waals surface area contributed by atoms with Crippen molar-refractivity contribution in [2.75, 3.05) is 32.8 Å². The predicted molar refractivity (Wildman–Crippen MR) is 93.6 cm³/mol. The highest BCUT2D eigenvalue weighted by molar-refractivity contribution is 4.85. The first-order valence-corrected chi connectivity index (χ1v) is 9.94. The van der Waals surface area contributed by atoms with Gasteiger partial charge in [0.25, 0.3) is 0 Å². The molecular formula is C19H36N2O2. The number of aliphatic hydroxyl groups is 1. The SMILES string of the molecule is CC1CCCC(N2CCC(NCC(O)COCC3CC3)CC2)C1. The molecule has 3 fully saturated rings. The molecule has 134 valence electrons. The van der Waals surface area contributed by atoms with E-state index in [1.165, 1.54) is 64.5 Å². The average Bonchev–Trinajstić information content (AvgIpc) is 3.38. The van der Waals surface area contributed by atoms with Gasteiger partial charge >= 0.3 is 0 Å². The van der Waals surface area contributed by atoms with Crippen molar-refractivity contribution in [3.8, 4) is 0 Å². The Morgan fingerprint density at radius 1 is 1.13 bits per heavy atom. The summed E-state index contributed by atoms with van der Waals surface area (Å²) >= 11 is 0. The van der Waals surface area contributed by atoms with Gasteiger partial charge in [0, 0.05) is 25.2 Å². The summed E-state index contributed by atoms with van der Waals surface area (Å²) in [6, 6.07) is 1.41. The molecule has 0 aromatic heterocycles. The third-order valence-electron chi connectivity index (χ3n) is 5.96. The molecule has 0 radical (unpaired) electrons. The smallest absolute Gasteiger partial charge is 0.0897 e. The number of aliphatic hydroxyl groups excluding tert-OH is 1. The minimum atomic E-state index is -0.356. The maximum absolute atomic E-state index is 10.0. The van der Waals surface area contributed by atoms with Gasteiger partial charge < -0.3 is 20.1 Å². The van der Waals surface area contributed by atoms with E-state index in [2.05, 4.69) is 17.1 Å². The summed E-state index contributed by atoms with van der Waals surface area (Å²) in [5.41, 5.74) is 0. The fraction of sp³-hybridized carbons (Fsp3) is 1.00. The zero-order valence-corrected chi connectivity index (χ0v) is 14.9. The van der Waals surface area contributed by atoms with Crippen molar-refractivity contribution in [2.24, 2.45) is 11.8 Å². The fourth-order valence-electron chi connectivity index (χ4n) is 4.22. The maximum Gasteiger partial charge on any atom is 0.0897 e. The van der Waals surface area contributed by atoms with Crippen LogP contribution in [0.3, 0.4) is 0 Å². The van der Waals surface area contributed by atoms with Gasteiger partial charge in [0.15, 0.2) is 0 Å². The van der Waals surface area contributed by atoms with Crippen LogP contribution in [0.15, 0.2) is 0 Å². The third-order valence-corrected chi connectivity index (χ3v) is 5.96. The lowest BCUT2D eigenvalue weighted by Crippen LogP contribution is -2.49. The van der Waals surface area contributed by atoms with Crippen LogP contribution in [0.2, 0.25) is 0 Å². The highest BCUT2D eigenvalue weighted by atomic mass is 16.5. The van der Waals surface area contributed by atoms with Crippen molar-refractivity contribution in [3.63, 3.8) is 0 Å². The van der Waals surface area contributed by atoms with Gasteiger partial charge in [-0.3, -0.25) is 0 Å². The molecule has 3 atom stereocenters. The molecule has 2 N–H and O–H groups in total. The van der Waals surface area contributed by atoms with E-state index in [0.29, 0.717) is 19.2 Å². The van der Waals surface area contributed by atoms with Crippen LogP contribution < -0.4 is 5.32 Å². The van der Waals surface area contributed by atoms with Gasteiger partial charge in [-0.05, 0) is 63.5 Å². The number of piperidine rings is 1. The number of hydrogen-bond donors (Lipinski definition) is 2. The van der Waals surface area contributed by atoms with Crippen molar-refractivity contribution in [3.05, 3.63) is 0 Å². The van der Waals surface area contributed by atoms with Crippen molar-refractivity contribution >= 4 is 0 Å². The second-order valence-corrected chi connectivity index (χ2v) is 8.28. The summed E-state index contributed by atoms with van der Waals surface area (Å²) in [6.07, 6.45) is 10.4. The molecular weight excluding hydrogens is 288 g/mol. The number of nitrogens with one attached hydrogen (secondary N) is 1. The van der Waals surface area contributed by atoms with E-state index in [1.807, 2.05) is 0 Å². The topological polar surface area (TPSA) is 44.7 Å². The Morgan fingerprint density at radius 3 is 2.61 bits per heavy atom. The van der Waals surface area contributed by atoms with E-state index in [0.717, 1.165) is 24.5 Å². The molecule has 4 nitrogen and oxygen atoms in total. The number of ether oxygens (including phenoxy) is 1. The highest BCUT2D eigenvalue weighted by Gasteiger charge is 2.28. The highest BCUT2D eigenvalue weighted by Crippen LogP contribution is 2.29. The van der Waals surface area contributed by atoms with Crippen LogP contribution in [0, 0.1) is 11.8 Å². The molecule has 0 aromatic carbocycles. The second-order valence-electron chi connectivity index (χ2n) is 8.28. The molecule has 3 aliphatic rings. The normalized spacial score (nSPS) is 32.1. The fourth-order valence-corrected chi connectivity index (χ4v) is 4.22. The van der Waals surface area contributed by atoms with Crippen molar-refractivity contribution < 1.29 is 9.84 Å². The van der Waals surface area contributed by atoms with Crippen LogP contribution in [0.25, 0.3) is 0 Å². The zero-order chi connectivity index (χ0) is 16.1. The van der Waals surface area contributed by atoms with Gasteiger partial charge in [-0.25, -0.2) is 0 Å². The molecule has 4 heteroatoms. The van der Waals surface area contributed by atoms with Crippen LogP contribution in [0.4, 0.5) is 0 Å². The van der Waals surface area contributed by atoms with Gasteiger partial charge in [-0.2, -0.15) is 0 Å². The summed E-state index contributed by atoms with van der Waals surface area (Å²) in [7, 11) is 0. The Kier molecular flexibility index (Phi) is 6.75. The molecule has 23 heavy (non-hydrogen) atoms. The molecule has 0 amide bonds. The number of hydrogen-bond acceptors (Lipinski definition) is 4. The molecule has 2 aliphatic carbocycles. The Balaban J connectivity index is 1.26. The summed E-state index contributed by atoms with van der Waals surface area (Å²) in [6.45, 7) is 6.87. The largest absolute Gasteiger partial charge is 0.389 e. The molecule has 0 spiro atoms. The van der Waals surface area contributed by atoms with Crippen LogP contribution in [0.5, 0.6) is 0 Å². The number of rotatable bonds is 8. The second kappa shape index (κ2) is 8.80. The van der Waals surface area contributed by atoms with E-state index in [-0.39, 0.29) is 6.10 Å². The Hall–Kier alpha value is -0.160. The first-order chi connectivity index (χ1) is 11.2. The van der Waals surface area contributed by atoms with Gasteiger partial charge in [-0.15, -0.1) is 0 Å². The molecule has 2 saturated carbocycles. The van der Waals surface area contributed by atoms with E-state index in [4.69, 9.17) is 4.74 Å². The minimum Gasteiger partial charge on any atom is -0.389 e. The number of nitrogens with zero attached hydrogens (tertiary/aromatic N) is 1. The monoisotopic (exact) mass is 324 g/mol. The summed E-state index contributed by atoms with van der Waals surface area (Å²) in [4.78, 5) is 2.73. The van der Waals surface area contributed by atoms with Crippen LogP contribution in [-0.2, 0) is 4.74 Å². The molecule has 0 aromatic rings. The quantitative estimate of drug-likeness (QED) is 0.720. The predicted octanol–water partition coefficient (Wildman–Crippen LogP) is 2.41. The lowest BCUT2D eigenvalue weighted by Gasteiger charge is -2.41. The standard InChI is InChI=1S/C19H36N2O2/c1-15-3-2-4-18(11-15)21-9-7-17(8-10-21)20-12-19(22)14-23-13-16-5-6-16/h15-20,22H,2-14H2,1H3.